The number of aromatic hydroxyl groups is 1. The van der Waals surface area contributed by atoms with Crippen molar-refractivity contribution in [2.45, 2.75) is 45.6 Å². The molecule has 2 rings (SSSR count). The van der Waals surface area contributed by atoms with Crippen molar-refractivity contribution in [3.8, 4) is 5.75 Å². The minimum atomic E-state index is -0.166. The molecular formula is C15H20INO2. The second-order valence-corrected chi connectivity index (χ2v) is 7.32. The third kappa shape index (κ3) is 3.84. The summed E-state index contributed by atoms with van der Waals surface area (Å²) in [5.41, 5.74) is 0.766. The lowest BCUT2D eigenvalue weighted by molar-refractivity contribution is 0.0906. The highest BCUT2D eigenvalue weighted by molar-refractivity contribution is 14.1. The highest BCUT2D eigenvalue weighted by Gasteiger charge is 2.28. The average Bonchev–Trinajstić information content (AvgIpc) is 2.35. The molecule has 1 fully saturated rings. The van der Waals surface area contributed by atoms with E-state index in [-0.39, 0.29) is 17.7 Å². The van der Waals surface area contributed by atoms with E-state index >= 15 is 0 Å². The molecule has 0 spiro atoms. The first-order valence-electron chi connectivity index (χ1n) is 6.67. The molecule has 0 aromatic heterocycles. The van der Waals surface area contributed by atoms with Crippen LogP contribution in [0.4, 0.5) is 0 Å². The molecule has 1 amide bonds. The average molecular weight is 373 g/mol. The highest BCUT2D eigenvalue weighted by Crippen LogP contribution is 2.35. The number of phenolic OH excluding ortho intramolecular Hbond substituents is 1. The van der Waals surface area contributed by atoms with E-state index in [0.29, 0.717) is 11.0 Å². The summed E-state index contributed by atoms with van der Waals surface area (Å²) >= 11 is 2.14. The van der Waals surface area contributed by atoms with Crippen LogP contribution in [-0.2, 0) is 0 Å². The smallest absolute Gasteiger partial charge is 0.255 e. The summed E-state index contributed by atoms with van der Waals surface area (Å²) in [5.74, 6) is -0.116. The molecule has 0 aliphatic heterocycles. The normalized spacial score (nSPS) is 19.1. The maximum Gasteiger partial charge on any atom is 0.255 e. The maximum absolute atomic E-state index is 12.2. The van der Waals surface area contributed by atoms with Crippen molar-refractivity contribution in [3.05, 3.63) is 27.3 Å². The van der Waals surface area contributed by atoms with Gasteiger partial charge in [0.2, 0.25) is 0 Å². The van der Waals surface area contributed by atoms with Crippen LogP contribution in [0.2, 0.25) is 0 Å². The Kier molecular flexibility index (Phi) is 4.38. The topological polar surface area (TPSA) is 49.3 Å². The van der Waals surface area contributed by atoms with Gasteiger partial charge in [0.05, 0.1) is 5.56 Å². The number of halogens is 1. The van der Waals surface area contributed by atoms with Gasteiger partial charge in [-0.1, -0.05) is 13.8 Å². The summed E-state index contributed by atoms with van der Waals surface area (Å²) in [5, 5.41) is 12.8. The summed E-state index contributed by atoms with van der Waals surface area (Å²) < 4.78 is 0.949. The first kappa shape index (κ1) is 14.6. The molecule has 1 saturated carbocycles. The van der Waals surface area contributed by atoms with E-state index in [9.17, 15) is 9.90 Å². The van der Waals surface area contributed by atoms with E-state index in [2.05, 4.69) is 41.8 Å². The lowest BCUT2D eigenvalue weighted by Gasteiger charge is -2.34. The van der Waals surface area contributed by atoms with E-state index < -0.39 is 0 Å². The lowest BCUT2D eigenvalue weighted by atomic mass is 9.75. The molecule has 1 aliphatic carbocycles. The first-order valence-corrected chi connectivity index (χ1v) is 7.75. The Morgan fingerprint density at radius 2 is 2.00 bits per heavy atom. The molecule has 1 aromatic carbocycles. The van der Waals surface area contributed by atoms with Gasteiger partial charge in [0, 0.05) is 9.61 Å². The van der Waals surface area contributed by atoms with Gasteiger partial charge >= 0.3 is 0 Å². The van der Waals surface area contributed by atoms with E-state index in [0.717, 1.165) is 29.3 Å². The van der Waals surface area contributed by atoms with Gasteiger partial charge < -0.3 is 10.4 Å². The van der Waals surface area contributed by atoms with Crippen molar-refractivity contribution in [1.29, 1.82) is 0 Å². The molecule has 104 valence electrons. The van der Waals surface area contributed by atoms with Gasteiger partial charge in [-0.25, -0.2) is 0 Å². The number of amides is 1. The molecule has 0 radical (unpaired) electrons. The Morgan fingerprint density at radius 1 is 1.37 bits per heavy atom. The van der Waals surface area contributed by atoms with Crippen molar-refractivity contribution in [3.63, 3.8) is 0 Å². The zero-order chi connectivity index (χ0) is 14.0. The highest BCUT2D eigenvalue weighted by atomic mass is 127. The van der Waals surface area contributed by atoms with Gasteiger partial charge in [-0.3, -0.25) is 4.79 Å². The van der Waals surface area contributed by atoms with Crippen LogP contribution in [0.1, 0.15) is 49.9 Å². The van der Waals surface area contributed by atoms with Crippen molar-refractivity contribution in [2.75, 3.05) is 0 Å². The van der Waals surface area contributed by atoms with E-state index in [4.69, 9.17) is 0 Å². The fourth-order valence-corrected chi connectivity index (χ4v) is 2.99. The molecular weight excluding hydrogens is 353 g/mol. The van der Waals surface area contributed by atoms with Gasteiger partial charge in [0.25, 0.3) is 5.91 Å². The van der Waals surface area contributed by atoms with E-state index in [1.54, 1.807) is 18.2 Å². The predicted molar refractivity (Wildman–Crippen MR) is 84.3 cm³/mol. The van der Waals surface area contributed by atoms with Crippen LogP contribution < -0.4 is 5.32 Å². The maximum atomic E-state index is 12.2. The van der Waals surface area contributed by atoms with Gasteiger partial charge in [0.15, 0.2) is 0 Å². The predicted octanol–water partition coefficient (Wildman–Crippen LogP) is 3.70. The standard InChI is InChI=1S/C15H20INO2/c1-15(2)7-5-11(6-8-15)17-14(19)12-9-10(16)3-4-13(12)18/h3-4,9,11,18H,5-8H2,1-2H3,(H,17,19). The first-order chi connectivity index (χ1) is 8.87. The minimum absolute atomic E-state index is 0.0501. The molecule has 0 atom stereocenters. The zero-order valence-electron chi connectivity index (χ0n) is 11.4. The number of phenols is 1. The second kappa shape index (κ2) is 5.69. The van der Waals surface area contributed by atoms with Crippen LogP contribution in [0.5, 0.6) is 5.75 Å². The molecule has 0 bridgehead atoms. The summed E-state index contributed by atoms with van der Waals surface area (Å²) in [4.78, 5) is 12.2. The summed E-state index contributed by atoms with van der Waals surface area (Å²) in [6.45, 7) is 4.55. The van der Waals surface area contributed by atoms with Crippen molar-refractivity contribution in [2.24, 2.45) is 5.41 Å². The van der Waals surface area contributed by atoms with Gasteiger partial charge in [0.1, 0.15) is 5.75 Å². The third-order valence-corrected chi connectivity index (χ3v) is 4.55. The molecule has 1 aromatic rings. The van der Waals surface area contributed by atoms with Crippen LogP contribution in [0.3, 0.4) is 0 Å². The fraction of sp³-hybridized carbons (Fsp3) is 0.533. The van der Waals surface area contributed by atoms with Crippen molar-refractivity contribution in [1.82, 2.24) is 5.32 Å². The van der Waals surface area contributed by atoms with E-state index in [1.165, 1.54) is 0 Å². The van der Waals surface area contributed by atoms with Crippen molar-refractivity contribution >= 4 is 28.5 Å². The van der Waals surface area contributed by atoms with Gasteiger partial charge in [-0.2, -0.15) is 0 Å². The Morgan fingerprint density at radius 3 is 2.63 bits per heavy atom. The Bertz CT molecular complexity index is 475. The Balaban J connectivity index is 2.00. The van der Waals surface area contributed by atoms with E-state index in [1.807, 2.05) is 0 Å². The number of carbonyl (C=O) groups is 1. The van der Waals surface area contributed by atoms with Gasteiger partial charge in [-0.05, 0) is 71.9 Å². The van der Waals surface area contributed by atoms with Crippen molar-refractivity contribution < 1.29 is 9.90 Å². The van der Waals surface area contributed by atoms with Crippen LogP contribution in [0.15, 0.2) is 18.2 Å². The molecule has 0 saturated heterocycles. The lowest BCUT2D eigenvalue weighted by Crippen LogP contribution is -2.39. The Hall–Kier alpha value is -0.780. The fourth-order valence-electron chi connectivity index (χ4n) is 2.50. The molecule has 0 heterocycles. The van der Waals surface area contributed by atoms with Crippen LogP contribution in [-0.4, -0.2) is 17.1 Å². The summed E-state index contributed by atoms with van der Waals surface area (Å²) in [7, 11) is 0. The number of carbonyl (C=O) groups excluding carboxylic acids is 1. The molecule has 0 unspecified atom stereocenters. The Labute approximate surface area is 127 Å². The van der Waals surface area contributed by atoms with Crippen LogP contribution in [0.25, 0.3) is 0 Å². The van der Waals surface area contributed by atoms with Crippen LogP contribution in [0, 0.1) is 8.99 Å². The SMILES string of the molecule is CC1(C)CCC(NC(=O)c2cc(I)ccc2O)CC1. The molecule has 3 nitrogen and oxygen atoms in total. The summed E-state index contributed by atoms with van der Waals surface area (Å²) in [6.07, 6.45) is 4.30. The number of hydrogen-bond donors (Lipinski definition) is 2. The van der Waals surface area contributed by atoms with Gasteiger partial charge in [-0.15, -0.1) is 0 Å². The molecule has 4 heteroatoms. The zero-order valence-corrected chi connectivity index (χ0v) is 13.5. The third-order valence-electron chi connectivity index (χ3n) is 3.88. The largest absolute Gasteiger partial charge is 0.507 e. The molecule has 19 heavy (non-hydrogen) atoms. The number of nitrogens with one attached hydrogen (secondary N) is 1. The second-order valence-electron chi connectivity index (χ2n) is 6.07. The molecule has 2 N–H and O–H groups in total. The van der Waals surface area contributed by atoms with Crippen LogP contribution >= 0.6 is 22.6 Å². The minimum Gasteiger partial charge on any atom is -0.507 e. The number of hydrogen-bond acceptors (Lipinski definition) is 2. The summed E-state index contributed by atoms with van der Waals surface area (Å²) in [6, 6.07) is 5.31. The quantitative estimate of drug-likeness (QED) is 0.777. The number of rotatable bonds is 2. The molecule has 1 aliphatic rings. The monoisotopic (exact) mass is 373 g/mol. The number of benzene rings is 1.